The summed E-state index contributed by atoms with van der Waals surface area (Å²) in [6.45, 7) is 7.27. The molecular formula is C30H35Cl2N3O4S. The molecule has 0 aliphatic carbocycles. The maximum Gasteiger partial charge on any atom is 0.264 e. The molecule has 214 valence electrons. The SMILES string of the molecule is CCCCNC(=O)[C@@H](C)N(Cc1ccc(Cl)cc1)C(=O)CN(c1cccc(Cl)c1C)S(=O)(=O)c1ccc(C)cc1. The molecule has 3 rings (SSSR count). The highest BCUT2D eigenvalue weighted by atomic mass is 35.5. The van der Waals surface area contributed by atoms with E-state index in [4.69, 9.17) is 23.2 Å². The zero-order valence-corrected chi connectivity index (χ0v) is 25.5. The average Bonchev–Trinajstić information content (AvgIpc) is 2.93. The number of anilines is 1. The van der Waals surface area contributed by atoms with Gasteiger partial charge in [0.1, 0.15) is 12.6 Å². The first-order valence-corrected chi connectivity index (χ1v) is 15.3. The number of carbonyl (C=O) groups excluding carboxylic acids is 2. The van der Waals surface area contributed by atoms with Crippen LogP contribution in [0.5, 0.6) is 0 Å². The molecule has 0 spiro atoms. The number of nitrogens with zero attached hydrogens (tertiary/aromatic N) is 2. The molecule has 7 nitrogen and oxygen atoms in total. The minimum Gasteiger partial charge on any atom is -0.354 e. The van der Waals surface area contributed by atoms with Gasteiger partial charge in [0, 0.05) is 23.1 Å². The largest absolute Gasteiger partial charge is 0.354 e. The molecule has 0 aromatic heterocycles. The Hall–Kier alpha value is -3.07. The summed E-state index contributed by atoms with van der Waals surface area (Å²) < 4.78 is 29.0. The molecule has 0 aliphatic rings. The van der Waals surface area contributed by atoms with Crippen LogP contribution < -0.4 is 9.62 Å². The van der Waals surface area contributed by atoms with Crippen molar-refractivity contribution in [3.05, 3.63) is 93.5 Å². The lowest BCUT2D eigenvalue weighted by Crippen LogP contribution is -2.51. The van der Waals surface area contributed by atoms with E-state index in [1.54, 1.807) is 68.4 Å². The molecular weight excluding hydrogens is 569 g/mol. The van der Waals surface area contributed by atoms with Crippen LogP contribution in [0.15, 0.2) is 71.6 Å². The number of sulfonamides is 1. The van der Waals surface area contributed by atoms with Gasteiger partial charge in [-0.1, -0.05) is 72.4 Å². The third-order valence-corrected chi connectivity index (χ3v) is 9.09. The molecule has 0 saturated carbocycles. The van der Waals surface area contributed by atoms with E-state index in [0.29, 0.717) is 22.2 Å². The minimum atomic E-state index is -4.17. The van der Waals surface area contributed by atoms with Crippen LogP contribution in [0.1, 0.15) is 43.4 Å². The lowest BCUT2D eigenvalue weighted by atomic mass is 10.1. The first-order chi connectivity index (χ1) is 18.9. The lowest BCUT2D eigenvalue weighted by molar-refractivity contribution is -0.139. The van der Waals surface area contributed by atoms with E-state index in [2.05, 4.69) is 5.32 Å². The number of halogens is 2. The summed E-state index contributed by atoms with van der Waals surface area (Å²) in [6.07, 6.45) is 1.72. The van der Waals surface area contributed by atoms with Crippen molar-refractivity contribution in [2.24, 2.45) is 0 Å². The predicted octanol–water partition coefficient (Wildman–Crippen LogP) is 6.14. The second-order valence-electron chi connectivity index (χ2n) is 9.68. The fraction of sp³-hybridized carbons (Fsp3) is 0.333. The highest BCUT2D eigenvalue weighted by Gasteiger charge is 2.33. The summed E-state index contributed by atoms with van der Waals surface area (Å²) in [5, 5.41) is 3.78. The molecule has 3 aromatic rings. The minimum absolute atomic E-state index is 0.0416. The van der Waals surface area contributed by atoms with Crippen LogP contribution in [0, 0.1) is 13.8 Å². The van der Waals surface area contributed by atoms with E-state index in [1.165, 1.54) is 17.0 Å². The topological polar surface area (TPSA) is 86.8 Å². The molecule has 40 heavy (non-hydrogen) atoms. The van der Waals surface area contributed by atoms with E-state index in [0.717, 1.165) is 28.3 Å². The predicted molar refractivity (Wildman–Crippen MR) is 161 cm³/mol. The summed E-state index contributed by atoms with van der Waals surface area (Å²) in [5.74, 6) is -0.856. The summed E-state index contributed by atoms with van der Waals surface area (Å²) in [6, 6.07) is 17.4. The Labute approximate surface area is 247 Å². The highest BCUT2D eigenvalue weighted by molar-refractivity contribution is 7.92. The van der Waals surface area contributed by atoms with Gasteiger partial charge < -0.3 is 10.2 Å². The second kappa shape index (κ2) is 14.0. The van der Waals surface area contributed by atoms with E-state index in [-0.39, 0.29) is 23.0 Å². The van der Waals surface area contributed by atoms with Crippen molar-refractivity contribution in [2.45, 2.75) is 58.0 Å². The highest BCUT2D eigenvalue weighted by Crippen LogP contribution is 2.31. The Morgan fingerprint density at radius 2 is 1.60 bits per heavy atom. The van der Waals surface area contributed by atoms with E-state index in [1.807, 2.05) is 13.8 Å². The number of aryl methyl sites for hydroxylation is 1. The Balaban J connectivity index is 2.04. The summed E-state index contributed by atoms with van der Waals surface area (Å²) in [5.41, 5.74) is 2.45. The number of carbonyl (C=O) groups is 2. The van der Waals surface area contributed by atoms with Crippen LogP contribution in [0.4, 0.5) is 5.69 Å². The number of rotatable bonds is 12. The third-order valence-electron chi connectivity index (χ3n) is 6.66. The molecule has 1 atom stereocenters. The zero-order chi connectivity index (χ0) is 29.4. The first-order valence-electron chi connectivity index (χ1n) is 13.1. The van der Waals surface area contributed by atoms with Crippen LogP contribution in [0.3, 0.4) is 0 Å². The van der Waals surface area contributed by atoms with Gasteiger partial charge in [0.05, 0.1) is 10.6 Å². The van der Waals surface area contributed by atoms with Gasteiger partial charge in [0.15, 0.2) is 0 Å². The Kier molecular flexibility index (Phi) is 11.0. The monoisotopic (exact) mass is 603 g/mol. The van der Waals surface area contributed by atoms with Gasteiger partial charge in [-0.15, -0.1) is 0 Å². The quantitative estimate of drug-likeness (QED) is 0.252. The molecule has 0 fully saturated rings. The van der Waals surface area contributed by atoms with Gasteiger partial charge >= 0.3 is 0 Å². The van der Waals surface area contributed by atoms with Gasteiger partial charge in [-0.05, 0) is 74.7 Å². The van der Waals surface area contributed by atoms with Crippen LogP contribution in [-0.4, -0.2) is 44.3 Å². The van der Waals surface area contributed by atoms with Gasteiger partial charge in [0.2, 0.25) is 11.8 Å². The van der Waals surface area contributed by atoms with Gasteiger partial charge in [-0.3, -0.25) is 13.9 Å². The number of hydrogen-bond donors (Lipinski definition) is 1. The van der Waals surface area contributed by atoms with Crippen LogP contribution in [0.2, 0.25) is 10.0 Å². The van der Waals surface area contributed by atoms with E-state index < -0.39 is 28.5 Å². The number of amides is 2. The third kappa shape index (κ3) is 7.77. The number of benzene rings is 3. The molecule has 3 aromatic carbocycles. The summed E-state index contributed by atoms with van der Waals surface area (Å²) in [7, 11) is -4.17. The molecule has 0 bridgehead atoms. The van der Waals surface area contributed by atoms with Gasteiger partial charge in [0.25, 0.3) is 10.0 Å². The zero-order valence-electron chi connectivity index (χ0n) is 23.2. The van der Waals surface area contributed by atoms with Crippen molar-refractivity contribution < 1.29 is 18.0 Å². The van der Waals surface area contributed by atoms with Crippen molar-refractivity contribution >= 4 is 50.7 Å². The Morgan fingerprint density at radius 3 is 2.23 bits per heavy atom. The number of nitrogens with one attached hydrogen (secondary N) is 1. The first kappa shape index (κ1) is 31.5. The molecule has 2 amide bonds. The maximum absolute atomic E-state index is 14.0. The molecule has 0 aliphatic heterocycles. The molecule has 0 radical (unpaired) electrons. The van der Waals surface area contributed by atoms with Crippen LogP contribution in [0.25, 0.3) is 0 Å². The number of unbranched alkanes of at least 4 members (excludes halogenated alkanes) is 1. The lowest BCUT2D eigenvalue weighted by Gasteiger charge is -2.32. The summed E-state index contributed by atoms with van der Waals surface area (Å²) >= 11 is 12.4. The second-order valence-corrected chi connectivity index (χ2v) is 12.4. The molecule has 0 heterocycles. The van der Waals surface area contributed by atoms with Crippen molar-refractivity contribution in [3.8, 4) is 0 Å². The van der Waals surface area contributed by atoms with Crippen molar-refractivity contribution in [3.63, 3.8) is 0 Å². The normalized spacial score (nSPS) is 12.1. The fourth-order valence-corrected chi connectivity index (χ4v) is 5.89. The standard InChI is InChI=1S/C30H35Cl2N3O4S/c1-5-6-18-33-30(37)23(4)34(19-24-12-14-25(31)15-13-24)29(36)20-35(28-9-7-8-27(32)22(28)3)40(38,39)26-16-10-21(2)11-17-26/h7-17,23H,5-6,18-20H2,1-4H3,(H,33,37)/t23-/m1/s1. The smallest absolute Gasteiger partial charge is 0.264 e. The maximum atomic E-state index is 14.0. The Bertz CT molecular complexity index is 1430. The Morgan fingerprint density at radius 1 is 0.950 bits per heavy atom. The van der Waals surface area contributed by atoms with Crippen molar-refractivity contribution in [1.82, 2.24) is 10.2 Å². The van der Waals surface area contributed by atoms with Gasteiger partial charge in [-0.25, -0.2) is 8.42 Å². The van der Waals surface area contributed by atoms with Gasteiger partial charge in [-0.2, -0.15) is 0 Å². The molecule has 1 N–H and O–H groups in total. The van der Waals surface area contributed by atoms with Crippen LogP contribution in [-0.2, 0) is 26.2 Å². The average molecular weight is 605 g/mol. The molecule has 10 heteroatoms. The van der Waals surface area contributed by atoms with Crippen molar-refractivity contribution in [2.75, 3.05) is 17.4 Å². The molecule has 0 saturated heterocycles. The van der Waals surface area contributed by atoms with E-state index >= 15 is 0 Å². The van der Waals surface area contributed by atoms with Crippen LogP contribution >= 0.6 is 23.2 Å². The molecule has 0 unspecified atom stereocenters. The van der Waals surface area contributed by atoms with E-state index in [9.17, 15) is 18.0 Å². The summed E-state index contributed by atoms with van der Waals surface area (Å²) in [4.78, 5) is 28.5. The van der Waals surface area contributed by atoms with Crippen molar-refractivity contribution in [1.29, 1.82) is 0 Å². The fourth-order valence-electron chi connectivity index (χ4n) is 4.12. The number of hydrogen-bond acceptors (Lipinski definition) is 4.